The summed E-state index contributed by atoms with van der Waals surface area (Å²) in [5.74, 6) is -2.77. The SMILES string of the molecule is [CH2]CCCC(O)(O)OP(=O)(O)O. The van der Waals surface area contributed by atoms with Gasteiger partial charge in [0.1, 0.15) is 0 Å². The lowest BCUT2D eigenvalue weighted by Gasteiger charge is -2.21. The highest BCUT2D eigenvalue weighted by molar-refractivity contribution is 7.46. The number of phosphoric ester groups is 1. The molecule has 0 aliphatic heterocycles. The van der Waals surface area contributed by atoms with Gasteiger partial charge in [0.25, 0.3) is 5.97 Å². The maximum Gasteiger partial charge on any atom is 0.473 e. The summed E-state index contributed by atoms with van der Waals surface area (Å²) in [6, 6.07) is 0. The van der Waals surface area contributed by atoms with Crippen LogP contribution in [0.5, 0.6) is 0 Å². The lowest BCUT2D eigenvalue weighted by molar-refractivity contribution is -0.302. The van der Waals surface area contributed by atoms with Crippen LogP contribution in [-0.2, 0) is 9.09 Å². The van der Waals surface area contributed by atoms with E-state index >= 15 is 0 Å². The first-order valence-electron chi connectivity index (χ1n) is 3.27. The first kappa shape index (κ1) is 12.0. The molecule has 0 aliphatic rings. The molecule has 0 aliphatic carbocycles. The van der Waals surface area contributed by atoms with E-state index in [-0.39, 0.29) is 6.42 Å². The number of rotatable bonds is 5. The quantitative estimate of drug-likeness (QED) is 0.359. The molecular formula is C5H12O6P. The molecule has 0 saturated carbocycles. The van der Waals surface area contributed by atoms with Gasteiger partial charge in [-0.25, -0.2) is 9.09 Å². The summed E-state index contributed by atoms with van der Waals surface area (Å²) < 4.78 is 13.8. The third-order valence-corrected chi connectivity index (χ3v) is 1.55. The van der Waals surface area contributed by atoms with Crippen molar-refractivity contribution in [2.75, 3.05) is 0 Å². The van der Waals surface area contributed by atoms with Crippen LogP contribution < -0.4 is 0 Å². The third kappa shape index (κ3) is 6.72. The fourth-order valence-electron chi connectivity index (χ4n) is 0.591. The van der Waals surface area contributed by atoms with Crippen molar-refractivity contribution in [1.82, 2.24) is 0 Å². The fourth-order valence-corrected chi connectivity index (χ4v) is 1.06. The van der Waals surface area contributed by atoms with Crippen molar-refractivity contribution in [1.29, 1.82) is 0 Å². The number of phosphoric acid groups is 1. The number of hydrogen-bond acceptors (Lipinski definition) is 4. The molecule has 0 amide bonds. The molecule has 0 bridgehead atoms. The van der Waals surface area contributed by atoms with Crippen molar-refractivity contribution in [3.05, 3.63) is 6.92 Å². The summed E-state index contributed by atoms with van der Waals surface area (Å²) in [6.45, 7) is 3.41. The second-order valence-corrected chi connectivity index (χ2v) is 3.45. The monoisotopic (exact) mass is 199 g/mol. The van der Waals surface area contributed by atoms with Crippen molar-refractivity contribution in [2.45, 2.75) is 25.2 Å². The molecule has 0 aromatic rings. The van der Waals surface area contributed by atoms with Gasteiger partial charge in [0.2, 0.25) is 0 Å². The third-order valence-electron chi connectivity index (χ3n) is 1.02. The van der Waals surface area contributed by atoms with Crippen LogP contribution in [0.3, 0.4) is 0 Å². The molecule has 0 spiro atoms. The van der Waals surface area contributed by atoms with Crippen LogP contribution >= 0.6 is 7.82 Å². The molecule has 73 valence electrons. The van der Waals surface area contributed by atoms with Crippen molar-refractivity contribution in [3.8, 4) is 0 Å². The van der Waals surface area contributed by atoms with Gasteiger partial charge in [-0.1, -0.05) is 13.3 Å². The van der Waals surface area contributed by atoms with E-state index in [0.717, 1.165) is 0 Å². The van der Waals surface area contributed by atoms with Crippen molar-refractivity contribution in [3.63, 3.8) is 0 Å². The number of aliphatic hydroxyl groups is 2. The zero-order valence-corrected chi connectivity index (χ0v) is 7.28. The summed E-state index contributed by atoms with van der Waals surface area (Å²) in [5, 5.41) is 17.6. The zero-order valence-electron chi connectivity index (χ0n) is 6.38. The normalized spacial score (nSPS) is 13.4. The topological polar surface area (TPSA) is 107 Å². The summed E-state index contributed by atoms with van der Waals surface area (Å²) in [5.41, 5.74) is 0. The highest BCUT2D eigenvalue weighted by Gasteiger charge is 2.32. The molecule has 0 rings (SSSR count). The molecule has 0 fully saturated rings. The lowest BCUT2D eigenvalue weighted by Crippen LogP contribution is -2.30. The van der Waals surface area contributed by atoms with Crippen molar-refractivity contribution < 1.29 is 29.1 Å². The Morgan fingerprint density at radius 1 is 1.42 bits per heavy atom. The van der Waals surface area contributed by atoms with Gasteiger partial charge in [0, 0.05) is 6.42 Å². The van der Waals surface area contributed by atoms with Crippen LogP contribution in [0.15, 0.2) is 0 Å². The van der Waals surface area contributed by atoms with E-state index in [4.69, 9.17) is 20.0 Å². The second-order valence-electron chi connectivity index (χ2n) is 2.28. The summed E-state index contributed by atoms with van der Waals surface area (Å²) in [4.78, 5) is 16.4. The Kier molecular flexibility index (Phi) is 4.33. The van der Waals surface area contributed by atoms with E-state index in [0.29, 0.717) is 12.8 Å². The summed E-state index contributed by atoms with van der Waals surface area (Å²) in [6.07, 6.45) is 0.433. The minimum atomic E-state index is -4.85. The largest absolute Gasteiger partial charge is 0.473 e. The standard InChI is InChI=1S/C5H12O6P/c1-2-3-4-5(6,7)11-12(8,9)10/h6-7H,1-4H2,(H2,8,9,10). The minimum absolute atomic E-state index is 0.290. The van der Waals surface area contributed by atoms with Crippen LogP contribution in [0, 0.1) is 6.92 Å². The molecule has 0 atom stereocenters. The smallest absolute Gasteiger partial charge is 0.343 e. The molecule has 0 heterocycles. The Morgan fingerprint density at radius 3 is 2.25 bits per heavy atom. The van der Waals surface area contributed by atoms with Gasteiger partial charge in [0.05, 0.1) is 0 Å². The predicted molar refractivity (Wildman–Crippen MR) is 39.5 cm³/mol. The molecule has 1 radical (unpaired) electrons. The zero-order chi connectivity index (χ0) is 9.83. The fraction of sp³-hybridized carbons (Fsp3) is 0.800. The van der Waals surface area contributed by atoms with Crippen molar-refractivity contribution in [2.24, 2.45) is 0 Å². The molecule has 0 unspecified atom stereocenters. The molecule has 12 heavy (non-hydrogen) atoms. The molecular weight excluding hydrogens is 187 g/mol. The maximum atomic E-state index is 10.1. The summed E-state index contributed by atoms with van der Waals surface area (Å²) >= 11 is 0. The highest BCUT2D eigenvalue weighted by atomic mass is 31.2. The Bertz CT molecular complexity index is 173. The summed E-state index contributed by atoms with van der Waals surface area (Å²) in [7, 11) is -4.85. The minimum Gasteiger partial charge on any atom is -0.343 e. The molecule has 7 heteroatoms. The van der Waals surface area contributed by atoms with Crippen LogP contribution in [0.1, 0.15) is 19.3 Å². The second kappa shape index (κ2) is 4.32. The molecule has 4 N–H and O–H groups in total. The highest BCUT2D eigenvalue weighted by Crippen LogP contribution is 2.40. The van der Waals surface area contributed by atoms with Gasteiger partial charge < -0.3 is 20.0 Å². The van der Waals surface area contributed by atoms with Gasteiger partial charge in [-0.3, -0.25) is 0 Å². The van der Waals surface area contributed by atoms with Crippen LogP contribution in [0.4, 0.5) is 0 Å². The van der Waals surface area contributed by atoms with Crippen LogP contribution in [-0.4, -0.2) is 26.0 Å². The van der Waals surface area contributed by atoms with Crippen LogP contribution in [0.2, 0.25) is 0 Å². The van der Waals surface area contributed by atoms with Crippen molar-refractivity contribution >= 4 is 7.82 Å². The van der Waals surface area contributed by atoms with E-state index in [1.807, 2.05) is 0 Å². The lowest BCUT2D eigenvalue weighted by atomic mass is 10.2. The van der Waals surface area contributed by atoms with E-state index in [9.17, 15) is 4.57 Å². The van der Waals surface area contributed by atoms with Gasteiger partial charge in [-0.2, -0.15) is 0 Å². The van der Waals surface area contributed by atoms with Crippen LogP contribution in [0.25, 0.3) is 0 Å². The van der Waals surface area contributed by atoms with E-state index in [2.05, 4.69) is 11.4 Å². The Morgan fingerprint density at radius 2 is 1.92 bits per heavy atom. The first-order valence-corrected chi connectivity index (χ1v) is 4.80. The average molecular weight is 199 g/mol. The Hall–Kier alpha value is 0.0300. The maximum absolute atomic E-state index is 10.1. The molecule has 0 saturated heterocycles. The Labute approximate surface area is 70.0 Å². The predicted octanol–water partition coefficient (Wildman–Crippen LogP) is -0.262. The number of unbranched alkanes of at least 4 members (excludes halogenated alkanes) is 1. The molecule has 0 aromatic carbocycles. The average Bonchev–Trinajstić information content (AvgIpc) is 1.78. The Balaban J connectivity index is 3.95. The van der Waals surface area contributed by atoms with E-state index in [1.54, 1.807) is 0 Å². The van der Waals surface area contributed by atoms with Gasteiger partial charge >= 0.3 is 7.82 Å². The number of hydrogen-bond donors (Lipinski definition) is 4. The molecule has 0 aromatic heterocycles. The molecule has 6 nitrogen and oxygen atoms in total. The van der Waals surface area contributed by atoms with E-state index < -0.39 is 13.8 Å². The van der Waals surface area contributed by atoms with Gasteiger partial charge in [0.15, 0.2) is 0 Å². The van der Waals surface area contributed by atoms with E-state index in [1.165, 1.54) is 0 Å². The van der Waals surface area contributed by atoms with Gasteiger partial charge in [-0.05, 0) is 6.42 Å². The first-order chi connectivity index (χ1) is 5.27. The van der Waals surface area contributed by atoms with Gasteiger partial charge in [-0.15, -0.1) is 0 Å².